The first-order chi connectivity index (χ1) is 8.84. The minimum absolute atomic E-state index is 0.382. The lowest BCUT2D eigenvalue weighted by molar-refractivity contribution is -0.123. The summed E-state index contributed by atoms with van der Waals surface area (Å²) < 4.78 is 0. The fourth-order valence-corrected chi connectivity index (χ4v) is 5.15. The number of carbonyl (C=O) groups is 1. The highest BCUT2D eigenvalue weighted by molar-refractivity contribution is 5.82. The zero-order chi connectivity index (χ0) is 12.1. The molecular formula is C15H24N2O. The van der Waals surface area contributed by atoms with E-state index in [9.17, 15) is 4.79 Å². The van der Waals surface area contributed by atoms with Crippen molar-refractivity contribution in [3.05, 3.63) is 0 Å². The predicted molar refractivity (Wildman–Crippen MR) is 69.9 cm³/mol. The highest BCUT2D eigenvalue weighted by Gasteiger charge is 2.67. The molecule has 5 unspecified atom stereocenters. The minimum atomic E-state index is 0.382. The topological polar surface area (TPSA) is 41.1 Å². The van der Waals surface area contributed by atoms with Gasteiger partial charge in [-0.05, 0) is 74.8 Å². The molecule has 0 aromatic rings. The Morgan fingerprint density at radius 1 is 1.17 bits per heavy atom. The van der Waals surface area contributed by atoms with E-state index in [-0.39, 0.29) is 0 Å². The second kappa shape index (κ2) is 4.22. The van der Waals surface area contributed by atoms with Gasteiger partial charge < -0.3 is 10.6 Å². The van der Waals surface area contributed by atoms with Crippen molar-refractivity contribution in [2.24, 2.45) is 35.5 Å². The maximum atomic E-state index is 12.2. The Morgan fingerprint density at radius 2 is 1.94 bits per heavy atom. The lowest BCUT2D eigenvalue weighted by atomic mass is 10.0. The van der Waals surface area contributed by atoms with Crippen molar-refractivity contribution in [2.45, 2.75) is 32.1 Å². The average molecular weight is 248 g/mol. The molecule has 3 saturated carbocycles. The number of amides is 1. The van der Waals surface area contributed by atoms with Crippen LogP contribution >= 0.6 is 0 Å². The summed E-state index contributed by atoms with van der Waals surface area (Å²) >= 11 is 0. The van der Waals surface area contributed by atoms with Gasteiger partial charge in [-0.15, -0.1) is 0 Å². The van der Waals surface area contributed by atoms with Gasteiger partial charge in [0.1, 0.15) is 0 Å². The van der Waals surface area contributed by atoms with Crippen molar-refractivity contribution in [1.82, 2.24) is 10.6 Å². The molecule has 2 N–H and O–H groups in total. The van der Waals surface area contributed by atoms with E-state index in [4.69, 9.17) is 0 Å². The Labute approximate surface area is 109 Å². The van der Waals surface area contributed by atoms with Gasteiger partial charge in [-0.3, -0.25) is 4.79 Å². The lowest BCUT2D eigenvalue weighted by Crippen LogP contribution is -2.29. The summed E-state index contributed by atoms with van der Waals surface area (Å²) in [6.07, 6.45) is 6.70. The Morgan fingerprint density at radius 3 is 2.61 bits per heavy atom. The second-order valence-electron chi connectivity index (χ2n) is 6.95. The Kier molecular flexibility index (Phi) is 2.65. The molecule has 2 bridgehead atoms. The summed E-state index contributed by atoms with van der Waals surface area (Å²) in [5.41, 5.74) is 0. The van der Waals surface area contributed by atoms with Crippen LogP contribution in [0.2, 0.25) is 0 Å². The maximum absolute atomic E-state index is 12.2. The Bertz CT molecular complexity index is 334. The third kappa shape index (κ3) is 1.70. The van der Waals surface area contributed by atoms with Gasteiger partial charge in [0.2, 0.25) is 5.91 Å². The molecule has 4 aliphatic rings. The summed E-state index contributed by atoms with van der Waals surface area (Å²) in [6, 6.07) is 0. The van der Waals surface area contributed by atoms with E-state index in [1.54, 1.807) is 0 Å². The van der Waals surface area contributed by atoms with Crippen molar-refractivity contribution < 1.29 is 4.79 Å². The van der Waals surface area contributed by atoms with Gasteiger partial charge in [0.15, 0.2) is 0 Å². The SMILES string of the molecule is O=C(NCCC1CCNC1)C1C2C3CCC(C3)C12. The first-order valence-electron chi connectivity index (χ1n) is 7.83. The van der Waals surface area contributed by atoms with Crippen LogP contribution < -0.4 is 10.6 Å². The molecule has 1 saturated heterocycles. The Hall–Kier alpha value is -0.570. The molecule has 4 rings (SSSR count). The van der Waals surface area contributed by atoms with Gasteiger partial charge >= 0.3 is 0 Å². The Balaban J connectivity index is 1.23. The molecule has 0 radical (unpaired) electrons. The maximum Gasteiger partial charge on any atom is 0.223 e. The normalized spacial score (nSPS) is 48.2. The third-order valence-corrected chi connectivity index (χ3v) is 6.05. The highest BCUT2D eigenvalue weighted by Crippen LogP contribution is 2.69. The highest BCUT2D eigenvalue weighted by atomic mass is 16.2. The second-order valence-corrected chi connectivity index (χ2v) is 6.95. The smallest absolute Gasteiger partial charge is 0.223 e. The van der Waals surface area contributed by atoms with Crippen LogP contribution in [0, 0.1) is 35.5 Å². The number of rotatable bonds is 4. The van der Waals surface area contributed by atoms with Crippen LogP contribution in [-0.4, -0.2) is 25.5 Å². The predicted octanol–water partition coefficient (Wildman–Crippen LogP) is 1.39. The zero-order valence-electron chi connectivity index (χ0n) is 11.0. The molecule has 0 aromatic carbocycles. The number of carbonyl (C=O) groups excluding carboxylic acids is 1. The standard InChI is InChI=1S/C15H24N2O/c18-15(17-6-4-9-3-5-16-8-9)14-12-10-1-2-11(7-10)13(12)14/h9-14,16H,1-8H2,(H,17,18). The summed E-state index contributed by atoms with van der Waals surface area (Å²) in [4.78, 5) is 12.2. The number of hydrogen-bond acceptors (Lipinski definition) is 2. The average Bonchev–Trinajstić information content (AvgIpc) is 2.80. The van der Waals surface area contributed by atoms with Crippen molar-refractivity contribution in [1.29, 1.82) is 0 Å². The van der Waals surface area contributed by atoms with Crippen molar-refractivity contribution >= 4 is 5.91 Å². The third-order valence-electron chi connectivity index (χ3n) is 6.05. The molecule has 100 valence electrons. The van der Waals surface area contributed by atoms with E-state index in [0.717, 1.165) is 55.6 Å². The molecule has 3 nitrogen and oxygen atoms in total. The quantitative estimate of drug-likeness (QED) is 0.789. The monoisotopic (exact) mass is 248 g/mol. The molecular weight excluding hydrogens is 224 g/mol. The molecule has 1 heterocycles. The van der Waals surface area contributed by atoms with Crippen LogP contribution in [0.3, 0.4) is 0 Å². The molecule has 0 spiro atoms. The largest absolute Gasteiger partial charge is 0.356 e. The van der Waals surface area contributed by atoms with E-state index < -0.39 is 0 Å². The van der Waals surface area contributed by atoms with Gasteiger partial charge in [-0.2, -0.15) is 0 Å². The molecule has 1 aliphatic heterocycles. The fraction of sp³-hybridized carbons (Fsp3) is 0.933. The van der Waals surface area contributed by atoms with Crippen molar-refractivity contribution in [2.75, 3.05) is 19.6 Å². The van der Waals surface area contributed by atoms with Crippen LogP contribution in [0.4, 0.5) is 0 Å². The van der Waals surface area contributed by atoms with Crippen LogP contribution in [-0.2, 0) is 4.79 Å². The number of fused-ring (bicyclic) bond motifs is 5. The van der Waals surface area contributed by atoms with Crippen LogP contribution in [0.1, 0.15) is 32.1 Å². The first kappa shape index (κ1) is 11.3. The van der Waals surface area contributed by atoms with E-state index >= 15 is 0 Å². The van der Waals surface area contributed by atoms with E-state index in [1.165, 1.54) is 25.7 Å². The van der Waals surface area contributed by atoms with Gasteiger partial charge in [0, 0.05) is 12.5 Å². The minimum Gasteiger partial charge on any atom is -0.356 e. The van der Waals surface area contributed by atoms with E-state index in [0.29, 0.717) is 11.8 Å². The molecule has 0 aromatic heterocycles. The molecule has 18 heavy (non-hydrogen) atoms. The molecule has 5 atom stereocenters. The molecule has 4 fully saturated rings. The number of hydrogen-bond donors (Lipinski definition) is 2. The van der Waals surface area contributed by atoms with E-state index in [2.05, 4.69) is 10.6 Å². The number of nitrogens with one attached hydrogen (secondary N) is 2. The zero-order valence-corrected chi connectivity index (χ0v) is 11.0. The van der Waals surface area contributed by atoms with Gasteiger partial charge in [-0.25, -0.2) is 0 Å². The lowest BCUT2D eigenvalue weighted by Gasteiger charge is -2.11. The summed E-state index contributed by atoms with van der Waals surface area (Å²) in [7, 11) is 0. The fourth-order valence-electron chi connectivity index (χ4n) is 5.15. The molecule has 3 aliphatic carbocycles. The molecule has 3 heteroatoms. The van der Waals surface area contributed by atoms with Crippen LogP contribution in [0.15, 0.2) is 0 Å². The van der Waals surface area contributed by atoms with Gasteiger partial charge in [-0.1, -0.05) is 0 Å². The summed E-state index contributed by atoms with van der Waals surface area (Å²) in [6.45, 7) is 3.21. The first-order valence-corrected chi connectivity index (χ1v) is 7.83. The molecule has 1 amide bonds. The van der Waals surface area contributed by atoms with E-state index in [1.807, 2.05) is 0 Å². The van der Waals surface area contributed by atoms with Crippen LogP contribution in [0.5, 0.6) is 0 Å². The summed E-state index contributed by atoms with van der Waals surface area (Å²) in [5.74, 6) is 4.99. The van der Waals surface area contributed by atoms with Crippen LogP contribution in [0.25, 0.3) is 0 Å². The van der Waals surface area contributed by atoms with Gasteiger partial charge in [0.05, 0.1) is 0 Å². The summed E-state index contributed by atoms with van der Waals surface area (Å²) in [5, 5.41) is 6.59. The van der Waals surface area contributed by atoms with Crippen molar-refractivity contribution in [3.8, 4) is 0 Å². The van der Waals surface area contributed by atoms with Gasteiger partial charge in [0.25, 0.3) is 0 Å². The van der Waals surface area contributed by atoms with Crippen molar-refractivity contribution in [3.63, 3.8) is 0 Å².